The molecule has 3 nitrogen and oxygen atoms in total. The van der Waals surface area contributed by atoms with Gasteiger partial charge in [-0.3, -0.25) is 0 Å². The predicted octanol–water partition coefficient (Wildman–Crippen LogP) is 11.7. The molecular weight excluding hydrogens is 590 g/mol. The van der Waals surface area contributed by atoms with E-state index < -0.39 is 0 Å². The second kappa shape index (κ2) is 24.2. The molecule has 4 heteroatoms. The van der Waals surface area contributed by atoms with Gasteiger partial charge in [0.1, 0.15) is 5.82 Å². The van der Waals surface area contributed by atoms with E-state index in [1.165, 1.54) is 17.3 Å². The summed E-state index contributed by atoms with van der Waals surface area (Å²) in [5.74, 6) is 3.07. The van der Waals surface area contributed by atoms with Crippen molar-refractivity contribution >= 4 is 0 Å². The van der Waals surface area contributed by atoms with E-state index in [-0.39, 0.29) is 11.9 Å². The lowest BCUT2D eigenvalue weighted by atomic mass is 9.85. The molecule has 2 aromatic rings. The first kappa shape index (κ1) is 44.0. The molecule has 2 aromatic carbocycles. The minimum atomic E-state index is -0.165. The molecule has 0 amide bonds. The van der Waals surface area contributed by atoms with Crippen LogP contribution >= 0.6 is 0 Å². The Labute approximate surface area is 295 Å². The van der Waals surface area contributed by atoms with Gasteiger partial charge in [0.2, 0.25) is 0 Å². The number of likely N-dealkylation sites (tertiary alicyclic amines) is 1. The largest absolute Gasteiger partial charge is 0.386 e. The van der Waals surface area contributed by atoms with E-state index in [4.69, 9.17) is 6.42 Å². The molecule has 3 aliphatic rings. The number of allylic oxidation sites excluding steroid dienone is 3. The Bertz CT molecular complexity index is 1330. The Hall–Kier alpha value is -3.97. The third-order valence-electron chi connectivity index (χ3n) is 7.76. The van der Waals surface area contributed by atoms with Crippen molar-refractivity contribution in [2.24, 2.45) is 5.92 Å². The number of aryl methyl sites for hydroxylation is 1. The van der Waals surface area contributed by atoms with E-state index in [0.29, 0.717) is 23.6 Å². The summed E-state index contributed by atoms with van der Waals surface area (Å²) >= 11 is 0. The fraction of sp³-hybridized carbons (Fsp3) is 0.455. The molecule has 0 aromatic heterocycles. The molecule has 0 radical (unpaired) electrons. The lowest BCUT2D eigenvalue weighted by Crippen LogP contribution is -2.40. The first-order valence-electron chi connectivity index (χ1n) is 18.2. The minimum absolute atomic E-state index is 0.165. The number of hydrogen-bond donors (Lipinski definition) is 1. The van der Waals surface area contributed by atoms with Crippen LogP contribution in [0, 0.1) is 31.0 Å². The van der Waals surface area contributed by atoms with Crippen molar-refractivity contribution in [3.8, 4) is 23.5 Å². The highest BCUT2D eigenvalue weighted by Crippen LogP contribution is 2.40. The minimum Gasteiger partial charge on any atom is -0.386 e. The summed E-state index contributed by atoms with van der Waals surface area (Å²) in [6.07, 6.45) is 16.9. The van der Waals surface area contributed by atoms with Crippen LogP contribution < -0.4 is 5.32 Å². The first-order chi connectivity index (χ1) is 23.2. The van der Waals surface area contributed by atoms with Crippen molar-refractivity contribution in [3.63, 3.8) is 0 Å². The monoisotopic (exact) mass is 656 g/mol. The summed E-state index contributed by atoms with van der Waals surface area (Å²) in [6.45, 7) is 34.8. The molecular formula is C44H66FN3. The topological polar surface area (TPSA) is 18.5 Å². The normalized spacial score (nSPS) is 18.1. The molecule has 48 heavy (non-hydrogen) atoms. The van der Waals surface area contributed by atoms with Crippen molar-refractivity contribution in [3.05, 3.63) is 120 Å². The fourth-order valence-electron chi connectivity index (χ4n) is 5.84. The van der Waals surface area contributed by atoms with Crippen molar-refractivity contribution < 1.29 is 4.39 Å². The molecule has 0 bridgehead atoms. The number of fused-ring (bicyclic) bond motifs is 1. The van der Waals surface area contributed by atoms with Crippen LogP contribution in [0.4, 0.5) is 4.39 Å². The highest BCUT2D eigenvalue weighted by atomic mass is 19.1. The Morgan fingerprint density at radius 2 is 1.54 bits per heavy atom. The van der Waals surface area contributed by atoms with E-state index >= 15 is 0 Å². The molecule has 1 saturated heterocycles. The zero-order valence-corrected chi connectivity index (χ0v) is 32.3. The molecule has 1 N–H and O–H groups in total. The Morgan fingerprint density at radius 3 is 2.08 bits per heavy atom. The van der Waals surface area contributed by atoms with Gasteiger partial charge in [-0.25, -0.2) is 4.39 Å². The van der Waals surface area contributed by atoms with Gasteiger partial charge in [0.25, 0.3) is 0 Å². The van der Waals surface area contributed by atoms with Crippen LogP contribution in [-0.4, -0.2) is 41.0 Å². The van der Waals surface area contributed by atoms with Gasteiger partial charge in [-0.15, -0.1) is 6.42 Å². The molecule has 1 fully saturated rings. The van der Waals surface area contributed by atoms with Gasteiger partial charge in [-0.1, -0.05) is 135 Å². The van der Waals surface area contributed by atoms with Crippen molar-refractivity contribution in [1.29, 1.82) is 0 Å². The number of hydrogen-bond acceptors (Lipinski definition) is 3. The lowest BCUT2D eigenvalue weighted by molar-refractivity contribution is 0.278. The number of nitrogens with one attached hydrogen (secondary N) is 1. The Morgan fingerprint density at radius 1 is 0.958 bits per heavy atom. The molecule has 1 aliphatic carbocycles. The highest BCUT2D eigenvalue weighted by molar-refractivity contribution is 5.67. The van der Waals surface area contributed by atoms with Crippen LogP contribution in [0.2, 0.25) is 0 Å². The number of benzene rings is 2. The van der Waals surface area contributed by atoms with Crippen LogP contribution in [-0.2, 0) is 0 Å². The second-order valence-electron chi connectivity index (χ2n) is 11.2. The predicted molar refractivity (Wildman–Crippen MR) is 212 cm³/mol. The van der Waals surface area contributed by atoms with Gasteiger partial charge in [0.05, 0.1) is 18.6 Å². The molecule has 0 saturated carbocycles. The van der Waals surface area contributed by atoms with E-state index in [9.17, 15) is 4.39 Å². The molecule has 2 heterocycles. The average Bonchev–Trinajstić information content (AvgIpc) is 3.75. The third-order valence-corrected chi connectivity index (χ3v) is 7.76. The molecule has 5 rings (SSSR count). The number of nitrogens with zero attached hydrogens (tertiary/aromatic N) is 2. The number of rotatable bonds is 7. The summed E-state index contributed by atoms with van der Waals surface area (Å²) in [5, 5.41) is 3.63. The maximum absolute atomic E-state index is 13.5. The van der Waals surface area contributed by atoms with E-state index in [0.717, 1.165) is 48.3 Å². The maximum atomic E-state index is 13.5. The summed E-state index contributed by atoms with van der Waals surface area (Å²) in [5.41, 5.74) is 7.56. The number of terminal acetylenes is 1. The van der Waals surface area contributed by atoms with Gasteiger partial charge < -0.3 is 15.1 Å². The average molecular weight is 656 g/mol. The zero-order chi connectivity index (χ0) is 36.8. The SMILES string of the molecule is C#CC1CCCN1C(=C)CN1C=C(C(=C)C)C2C(NC(C)C)=CC=C[C@H]21.CC.CC.CC.CC.Cc1ccccc1-c1ccccc1F. The van der Waals surface area contributed by atoms with E-state index in [1.54, 1.807) is 12.1 Å². The number of halogens is 1. The van der Waals surface area contributed by atoms with Gasteiger partial charge in [-0.2, -0.15) is 0 Å². The smallest absolute Gasteiger partial charge is 0.131 e. The molecule has 2 aliphatic heterocycles. The van der Waals surface area contributed by atoms with Crippen LogP contribution in [0.25, 0.3) is 11.1 Å². The van der Waals surface area contributed by atoms with E-state index in [1.807, 2.05) is 92.6 Å². The summed E-state index contributed by atoms with van der Waals surface area (Å²) in [4.78, 5) is 4.70. The Balaban J connectivity index is 0.000000846. The van der Waals surface area contributed by atoms with Crippen LogP contribution in [0.5, 0.6) is 0 Å². The maximum Gasteiger partial charge on any atom is 0.131 e. The summed E-state index contributed by atoms with van der Waals surface area (Å²) < 4.78 is 13.5. The van der Waals surface area contributed by atoms with E-state index in [2.05, 4.69) is 79.4 Å². The quantitative estimate of drug-likeness (QED) is 0.300. The third kappa shape index (κ3) is 12.2. The van der Waals surface area contributed by atoms with Crippen molar-refractivity contribution in [1.82, 2.24) is 15.1 Å². The summed E-state index contributed by atoms with van der Waals surface area (Å²) in [7, 11) is 0. The fourth-order valence-corrected chi connectivity index (χ4v) is 5.84. The zero-order valence-electron chi connectivity index (χ0n) is 32.3. The second-order valence-corrected chi connectivity index (χ2v) is 11.2. The van der Waals surface area contributed by atoms with Crippen LogP contribution in [0.3, 0.4) is 0 Å². The standard InChI is InChI=1S/C23H31N3.C13H11F.4C2H6/c1-7-19-10-9-13-26(19)18(6)14-25-15-20(16(2)3)23-21(24-17(4)5)11-8-12-22(23)25;1-10-6-2-3-7-11(10)12-8-4-5-9-13(12)14;4*1-2/h1,8,11-12,15,17,19,22-24H,2,6,9-10,13-14H2,3-5H3;2-9H,1H3;4*1-2H3/t19?,22-,23?;;;;;/m1...../s1. The van der Waals surface area contributed by atoms with Crippen molar-refractivity contribution in [2.45, 2.75) is 114 Å². The Kier molecular flexibility index (Phi) is 22.2. The van der Waals surface area contributed by atoms with Gasteiger partial charge >= 0.3 is 0 Å². The molecule has 264 valence electrons. The van der Waals surface area contributed by atoms with Gasteiger partial charge in [0.15, 0.2) is 0 Å². The van der Waals surface area contributed by atoms with Crippen molar-refractivity contribution in [2.75, 3.05) is 13.1 Å². The van der Waals surface area contributed by atoms with Crippen LogP contribution in [0.1, 0.15) is 94.6 Å². The van der Waals surface area contributed by atoms with Gasteiger partial charge in [-0.05, 0) is 69.4 Å². The lowest BCUT2D eigenvalue weighted by Gasteiger charge is -2.35. The molecule has 3 atom stereocenters. The molecule has 0 spiro atoms. The summed E-state index contributed by atoms with van der Waals surface area (Å²) in [6, 6.07) is 15.6. The highest BCUT2D eigenvalue weighted by Gasteiger charge is 2.38. The molecule has 2 unspecified atom stereocenters. The first-order valence-corrected chi connectivity index (χ1v) is 18.2. The van der Waals surface area contributed by atoms with Gasteiger partial charge in [0, 0.05) is 41.7 Å². The van der Waals surface area contributed by atoms with Crippen LogP contribution in [0.15, 0.2) is 109 Å².